The summed E-state index contributed by atoms with van der Waals surface area (Å²) in [5, 5.41) is 15.3. The lowest BCUT2D eigenvalue weighted by Crippen LogP contribution is -1.92. The average molecular weight is 410 g/mol. The van der Waals surface area contributed by atoms with Gasteiger partial charge in [-0.25, -0.2) is 4.98 Å². The second kappa shape index (κ2) is 7.64. The molecular formula is C20H16BrN3S. The first-order valence-electron chi connectivity index (χ1n) is 7.73. The Kier molecular flexibility index (Phi) is 5.32. The summed E-state index contributed by atoms with van der Waals surface area (Å²) in [4.78, 5) is 4.60. The lowest BCUT2D eigenvalue weighted by Gasteiger charge is -2.05. The van der Waals surface area contributed by atoms with E-state index >= 15 is 0 Å². The zero-order chi connectivity index (χ0) is 17.8. The van der Waals surface area contributed by atoms with Crippen LogP contribution in [-0.4, -0.2) is 4.98 Å². The lowest BCUT2D eigenvalue weighted by atomic mass is 10.1. The molecule has 0 aliphatic carbocycles. The summed E-state index contributed by atoms with van der Waals surface area (Å²) >= 11 is 4.90. The molecular weight excluding hydrogens is 394 g/mol. The third kappa shape index (κ3) is 4.16. The summed E-state index contributed by atoms with van der Waals surface area (Å²) in [6.07, 6.45) is 1.72. The van der Waals surface area contributed by atoms with Crippen molar-refractivity contribution in [3.05, 3.63) is 74.7 Å². The van der Waals surface area contributed by atoms with Crippen molar-refractivity contribution in [2.75, 3.05) is 5.32 Å². The molecule has 0 aliphatic heterocycles. The van der Waals surface area contributed by atoms with Gasteiger partial charge < -0.3 is 5.32 Å². The van der Waals surface area contributed by atoms with Crippen LogP contribution >= 0.6 is 27.3 Å². The molecule has 3 nitrogen and oxygen atoms in total. The van der Waals surface area contributed by atoms with Gasteiger partial charge in [0.05, 0.1) is 5.69 Å². The molecule has 0 amide bonds. The number of aromatic nitrogens is 1. The molecule has 0 atom stereocenters. The lowest BCUT2D eigenvalue weighted by molar-refractivity contribution is 1.33. The highest BCUT2D eigenvalue weighted by molar-refractivity contribution is 9.10. The maximum atomic E-state index is 9.47. The number of nitriles is 1. The third-order valence-corrected chi connectivity index (χ3v) is 5.29. The fourth-order valence-corrected chi connectivity index (χ4v) is 3.34. The standard InChI is InChI=1S/C20H16BrN3S/c1-13-3-8-18(9-14(13)2)23-11-16(10-22)20-24-19(12-25-20)15-4-6-17(21)7-5-15/h3-9,11-12,23H,1-2H3/b16-11+. The number of halogens is 1. The normalized spacial score (nSPS) is 11.2. The first-order valence-corrected chi connectivity index (χ1v) is 9.40. The predicted octanol–water partition coefficient (Wildman–Crippen LogP) is 6.17. The number of hydrogen-bond acceptors (Lipinski definition) is 4. The third-order valence-electron chi connectivity index (χ3n) is 3.89. The van der Waals surface area contributed by atoms with Crippen molar-refractivity contribution in [2.24, 2.45) is 0 Å². The Labute approximate surface area is 159 Å². The first kappa shape index (κ1) is 17.4. The number of aryl methyl sites for hydroxylation is 2. The van der Waals surface area contributed by atoms with Gasteiger partial charge in [0.15, 0.2) is 0 Å². The van der Waals surface area contributed by atoms with Gasteiger partial charge in [-0.3, -0.25) is 0 Å². The van der Waals surface area contributed by atoms with E-state index in [-0.39, 0.29) is 0 Å². The number of anilines is 1. The number of benzene rings is 2. The van der Waals surface area contributed by atoms with E-state index in [1.54, 1.807) is 6.20 Å². The van der Waals surface area contributed by atoms with Crippen molar-refractivity contribution in [1.82, 2.24) is 4.98 Å². The van der Waals surface area contributed by atoms with Gasteiger partial charge in [-0.15, -0.1) is 11.3 Å². The fraction of sp³-hybridized carbons (Fsp3) is 0.100. The van der Waals surface area contributed by atoms with Crippen LogP contribution in [0.25, 0.3) is 16.8 Å². The Balaban J connectivity index is 1.82. The van der Waals surface area contributed by atoms with Crippen molar-refractivity contribution >= 4 is 38.5 Å². The number of hydrogen-bond donors (Lipinski definition) is 1. The van der Waals surface area contributed by atoms with Crippen LogP contribution in [0.15, 0.2) is 58.5 Å². The van der Waals surface area contributed by atoms with Gasteiger partial charge in [-0.05, 0) is 49.2 Å². The molecule has 0 unspecified atom stereocenters. The molecule has 1 N–H and O–H groups in total. The summed E-state index contributed by atoms with van der Waals surface area (Å²) in [5.41, 5.74) is 5.84. The van der Waals surface area contributed by atoms with Gasteiger partial charge >= 0.3 is 0 Å². The quantitative estimate of drug-likeness (QED) is 0.524. The van der Waals surface area contributed by atoms with Crippen LogP contribution in [0.5, 0.6) is 0 Å². The smallest absolute Gasteiger partial charge is 0.136 e. The largest absolute Gasteiger partial charge is 0.360 e. The van der Waals surface area contributed by atoms with Gasteiger partial charge in [-0.1, -0.05) is 34.1 Å². The van der Waals surface area contributed by atoms with Gasteiger partial charge in [0, 0.05) is 27.3 Å². The zero-order valence-corrected chi connectivity index (χ0v) is 16.3. The van der Waals surface area contributed by atoms with E-state index in [2.05, 4.69) is 58.3 Å². The number of allylic oxidation sites excluding steroid dienone is 1. The molecule has 0 saturated carbocycles. The average Bonchev–Trinajstić information content (AvgIpc) is 3.09. The van der Waals surface area contributed by atoms with Gasteiger partial charge in [0.1, 0.15) is 16.6 Å². The molecule has 3 rings (SSSR count). The van der Waals surface area contributed by atoms with Crippen molar-refractivity contribution in [1.29, 1.82) is 5.26 Å². The summed E-state index contributed by atoms with van der Waals surface area (Å²) < 4.78 is 1.03. The Bertz CT molecular complexity index is 965. The Morgan fingerprint density at radius 3 is 2.60 bits per heavy atom. The van der Waals surface area contributed by atoms with Crippen LogP contribution in [-0.2, 0) is 0 Å². The van der Waals surface area contributed by atoms with Crippen molar-refractivity contribution in [2.45, 2.75) is 13.8 Å². The molecule has 0 aliphatic rings. The van der Waals surface area contributed by atoms with Gasteiger partial charge in [-0.2, -0.15) is 5.26 Å². The van der Waals surface area contributed by atoms with E-state index in [0.717, 1.165) is 21.4 Å². The van der Waals surface area contributed by atoms with Crippen molar-refractivity contribution < 1.29 is 0 Å². The number of nitrogens with one attached hydrogen (secondary N) is 1. The Hall–Kier alpha value is -2.42. The summed E-state index contributed by atoms with van der Waals surface area (Å²) in [6.45, 7) is 4.15. The van der Waals surface area contributed by atoms with Gasteiger partial charge in [0.2, 0.25) is 0 Å². The molecule has 5 heteroatoms. The van der Waals surface area contributed by atoms with E-state index < -0.39 is 0 Å². The number of nitrogens with zero attached hydrogens (tertiary/aromatic N) is 2. The van der Waals surface area contributed by atoms with E-state index in [4.69, 9.17) is 0 Å². The minimum Gasteiger partial charge on any atom is -0.360 e. The zero-order valence-electron chi connectivity index (χ0n) is 13.9. The molecule has 1 aromatic heterocycles. The Morgan fingerprint density at radius 2 is 1.92 bits per heavy atom. The highest BCUT2D eigenvalue weighted by Crippen LogP contribution is 2.27. The topological polar surface area (TPSA) is 48.7 Å². The molecule has 0 spiro atoms. The van der Waals surface area contributed by atoms with Crippen LogP contribution in [0.2, 0.25) is 0 Å². The van der Waals surface area contributed by atoms with E-state index in [1.165, 1.54) is 22.5 Å². The summed E-state index contributed by atoms with van der Waals surface area (Å²) in [6, 6.07) is 16.3. The molecule has 2 aromatic carbocycles. The highest BCUT2D eigenvalue weighted by atomic mass is 79.9. The predicted molar refractivity (Wildman–Crippen MR) is 108 cm³/mol. The van der Waals surface area contributed by atoms with E-state index in [0.29, 0.717) is 10.6 Å². The van der Waals surface area contributed by atoms with Crippen LogP contribution in [0, 0.1) is 25.2 Å². The summed E-state index contributed by atoms with van der Waals surface area (Å²) in [7, 11) is 0. The van der Waals surface area contributed by atoms with Crippen LogP contribution < -0.4 is 5.32 Å². The molecule has 25 heavy (non-hydrogen) atoms. The second-order valence-electron chi connectivity index (χ2n) is 5.66. The van der Waals surface area contributed by atoms with Crippen LogP contribution in [0.3, 0.4) is 0 Å². The maximum absolute atomic E-state index is 9.47. The first-order chi connectivity index (χ1) is 12.1. The minimum atomic E-state index is 0.520. The minimum absolute atomic E-state index is 0.520. The van der Waals surface area contributed by atoms with Gasteiger partial charge in [0.25, 0.3) is 0 Å². The molecule has 0 fully saturated rings. The monoisotopic (exact) mass is 409 g/mol. The van der Waals surface area contributed by atoms with Crippen LogP contribution in [0.1, 0.15) is 16.1 Å². The Morgan fingerprint density at radius 1 is 1.16 bits per heavy atom. The van der Waals surface area contributed by atoms with E-state index in [1.807, 2.05) is 35.7 Å². The molecule has 124 valence electrons. The molecule has 0 radical (unpaired) electrons. The van der Waals surface area contributed by atoms with Crippen LogP contribution in [0.4, 0.5) is 5.69 Å². The number of rotatable bonds is 4. The fourth-order valence-electron chi connectivity index (χ4n) is 2.28. The second-order valence-corrected chi connectivity index (χ2v) is 7.43. The molecule has 1 heterocycles. The maximum Gasteiger partial charge on any atom is 0.136 e. The SMILES string of the molecule is Cc1ccc(N/C=C(\C#N)c2nc(-c3ccc(Br)cc3)cs2)cc1C. The van der Waals surface area contributed by atoms with Crippen molar-refractivity contribution in [3.63, 3.8) is 0 Å². The molecule has 3 aromatic rings. The molecule has 0 bridgehead atoms. The molecule has 0 saturated heterocycles. The number of thiazole rings is 1. The highest BCUT2D eigenvalue weighted by Gasteiger charge is 2.09. The van der Waals surface area contributed by atoms with Crippen molar-refractivity contribution in [3.8, 4) is 17.3 Å². The van der Waals surface area contributed by atoms with E-state index in [9.17, 15) is 5.26 Å². The summed E-state index contributed by atoms with van der Waals surface area (Å²) in [5.74, 6) is 0.